The summed E-state index contributed by atoms with van der Waals surface area (Å²) in [7, 11) is 0. The Balaban J connectivity index is 1.86. The van der Waals surface area contributed by atoms with Crippen LogP contribution in [0.4, 0.5) is 0 Å². The lowest BCUT2D eigenvalue weighted by Crippen LogP contribution is -2.76. The SMILES string of the molecule is CCN1N2CC3CC(C2)NN1C3. The minimum atomic E-state index is 0.722. The molecule has 4 nitrogen and oxygen atoms in total. The van der Waals surface area contributed by atoms with E-state index in [1.165, 1.54) is 26.1 Å². The zero-order valence-electron chi connectivity index (χ0n) is 7.53. The second-order valence-electron chi connectivity index (χ2n) is 4.07. The molecule has 0 aliphatic carbocycles. The van der Waals surface area contributed by atoms with E-state index in [2.05, 4.69) is 27.6 Å². The summed E-state index contributed by atoms with van der Waals surface area (Å²) < 4.78 is 0. The van der Waals surface area contributed by atoms with E-state index < -0.39 is 0 Å². The summed E-state index contributed by atoms with van der Waals surface area (Å²) in [6, 6.07) is 0.722. The van der Waals surface area contributed by atoms with E-state index >= 15 is 0 Å². The van der Waals surface area contributed by atoms with Crippen LogP contribution in [0, 0.1) is 5.92 Å². The highest BCUT2D eigenvalue weighted by atomic mass is 16.0. The Labute approximate surface area is 73.0 Å². The molecule has 1 N–H and O–H groups in total. The molecule has 4 heterocycles. The van der Waals surface area contributed by atoms with Crippen LogP contribution in [-0.4, -0.2) is 47.5 Å². The van der Waals surface area contributed by atoms with Gasteiger partial charge in [-0.1, -0.05) is 0 Å². The first-order valence-electron chi connectivity index (χ1n) is 4.93. The summed E-state index contributed by atoms with van der Waals surface area (Å²) in [6.45, 7) is 7.00. The Morgan fingerprint density at radius 1 is 1.33 bits per heavy atom. The van der Waals surface area contributed by atoms with Gasteiger partial charge in [0.2, 0.25) is 0 Å². The van der Waals surface area contributed by atoms with Gasteiger partial charge in [-0.25, -0.2) is 10.4 Å². The van der Waals surface area contributed by atoms with Gasteiger partial charge in [-0.2, -0.15) is 10.2 Å². The van der Waals surface area contributed by atoms with Gasteiger partial charge in [-0.05, 0) is 19.3 Å². The minimum absolute atomic E-state index is 0.722. The van der Waals surface area contributed by atoms with Crippen molar-refractivity contribution in [2.75, 3.05) is 26.2 Å². The number of nitrogens with one attached hydrogen (secondary N) is 1. The maximum Gasteiger partial charge on any atom is 0.0374 e. The van der Waals surface area contributed by atoms with Gasteiger partial charge in [-0.3, -0.25) is 0 Å². The molecule has 68 valence electrons. The van der Waals surface area contributed by atoms with Crippen molar-refractivity contribution < 1.29 is 0 Å². The molecule has 4 saturated heterocycles. The Hall–Kier alpha value is -0.160. The topological polar surface area (TPSA) is 21.8 Å². The van der Waals surface area contributed by atoms with Crippen molar-refractivity contribution >= 4 is 0 Å². The smallest absolute Gasteiger partial charge is 0.0374 e. The third-order valence-corrected chi connectivity index (χ3v) is 3.17. The summed E-state index contributed by atoms with van der Waals surface area (Å²) >= 11 is 0. The van der Waals surface area contributed by atoms with Crippen LogP contribution < -0.4 is 5.43 Å². The Morgan fingerprint density at radius 2 is 2.25 bits per heavy atom. The predicted molar refractivity (Wildman–Crippen MR) is 45.7 cm³/mol. The molecule has 4 aliphatic rings. The van der Waals surface area contributed by atoms with Gasteiger partial charge in [0, 0.05) is 32.2 Å². The van der Waals surface area contributed by atoms with Crippen LogP contribution in [0.1, 0.15) is 13.3 Å². The fourth-order valence-electron chi connectivity index (χ4n) is 2.79. The molecule has 0 aromatic carbocycles. The summed E-state index contributed by atoms with van der Waals surface area (Å²) in [5, 5.41) is 7.12. The fourth-order valence-corrected chi connectivity index (χ4v) is 2.79. The number of rotatable bonds is 1. The first-order valence-corrected chi connectivity index (χ1v) is 4.93. The summed E-state index contributed by atoms with van der Waals surface area (Å²) in [5.74, 6) is 0.910. The average molecular weight is 168 g/mol. The Kier molecular flexibility index (Phi) is 1.46. The molecule has 4 unspecified atom stereocenters. The largest absolute Gasteiger partial charge is 0.236 e. The lowest BCUT2D eigenvalue weighted by atomic mass is 9.92. The van der Waals surface area contributed by atoms with E-state index in [1.54, 1.807) is 0 Å². The van der Waals surface area contributed by atoms with Crippen molar-refractivity contribution in [1.82, 2.24) is 20.7 Å². The molecular weight excluding hydrogens is 152 g/mol. The highest BCUT2D eigenvalue weighted by Crippen LogP contribution is 2.29. The van der Waals surface area contributed by atoms with Crippen molar-refractivity contribution in [3.63, 3.8) is 0 Å². The van der Waals surface area contributed by atoms with Crippen LogP contribution in [0.25, 0.3) is 0 Å². The molecule has 0 amide bonds. The zero-order chi connectivity index (χ0) is 8.13. The number of nitrogens with zero attached hydrogens (tertiary/aromatic N) is 3. The molecule has 4 heteroatoms. The van der Waals surface area contributed by atoms with Crippen molar-refractivity contribution in [2.45, 2.75) is 19.4 Å². The molecule has 0 spiro atoms. The van der Waals surface area contributed by atoms with E-state index in [0.717, 1.165) is 18.5 Å². The van der Waals surface area contributed by atoms with Gasteiger partial charge in [-0.15, -0.1) is 0 Å². The van der Waals surface area contributed by atoms with Gasteiger partial charge in [0.15, 0.2) is 0 Å². The van der Waals surface area contributed by atoms with Crippen molar-refractivity contribution in [3.8, 4) is 0 Å². The minimum Gasteiger partial charge on any atom is -0.236 e. The van der Waals surface area contributed by atoms with E-state index in [-0.39, 0.29) is 0 Å². The van der Waals surface area contributed by atoms with Crippen LogP contribution in [0.15, 0.2) is 0 Å². The fraction of sp³-hybridized carbons (Fsp3) is 1.00. The van der Waals surface area contributed by atoms with Crippen molar-refractivity contribution in [3.05, 3.63) is 0 Å². The number of hydrazine groups is 3. The van der Waals surface area contributed by atoms with Crippen molar-refractivity contribution in [1.29, 1.82) is 0 Å². The number of piperidine rings is 1. The van der Waals surface area contributed by atoms with E-state index in [1.807, 2.05) is 0 Å². The monoisotopic (exact) mass is 168 g/mol. The number of hydrogen-bond acceptors (Lipinski definition) is 4. The molecule has 4 bridgehead atoms. The normalized spacial score (nSPS) is 51.8. The van der Waals surface area contributed by atoms with E-state index in [0.29, 0.717) is 0 Å². The van der Waals surface area contributed by atoms with Crippen LogP contribution in [-0.2, 0) is 0 Å². The van der Waals surface area contributed by atoms with Gasteiger partial charge in [0.1, 0.15) is 0 Å². The maximum absolute atomic E-state index is 3.53. The molecule has 4 rings (SSSR count). The first-order chi connectivity index (χ1) is 5.86. The molecule has 4 atom stereocenters. The molecule has 0 aromatic heterocycles. The predicted octanol–water partition coefficient (Wildman–Crippen LogP) is -0.337. The van der Waals surface area contributed by atoms with Crippen molar-refractivity contribution in [2.24, 2.45) is 5.92 Å². The van der Waals surface area contributed by atoms with E-state index in [9.17, 15) is 0 Å². The molecule has 0 aromatic rings. The van der Waals surface area contributed by atoms with Crippen LogP contribution in [0.2, 0.25) is 0 Å². The zero-order valence-corrected chi connectivity index (χ0v) is 7.53. The third-order valence-electron chi connectivity index (χ3n) is 3.17. The second kappa shape index (κ2) is 2.42. The standard InChI is InChI=1S/C8H16N4/c1-2-12-10-4-7-3-8(6-10)9-11(12)5-7/h7-9H,2-6H2,1H3. The highest BCUT2D eigenvalue weighted by Gasteiger charge is 2.43. The molecule has 0 saturated carbocycles. The van der Waals surface area contributed by atoms with Gasteiger partial charge < -0.3 is 0 Å². The summed E-state index contributed by atoms with van der Waals surface area (Å²) in [4.78, 5) is 0. The number of hydrogen-bond donors (Lipinski definition) is 1. The first kappa shape index (κ1) is 7.26. The van der Waals surface area contributed by atoms with Crippen LogP contribution >= 0.6 is 0 Å². The molecule has 12 heavy (non-hydrogen) atoms. The highest BCUT2D eigenvalue weighted by molar-refractivity contribution is 4.90. The maximum atomic E-state index is 3.53. The van der Waals surface area contributed by atoms with E-state index in [4.69, 9.17) is 0 Å². The Bertz CT molecular complexity index is 165. The van der Waals surface area contributed by atoms with Crippen LogP contribution in [0.5, 0.6) is 0 Å². The third kappa shape index (κ3) is 0.864. The quantitative estimate of drug-likeness (QED) is 0.578. The molecular formula is C8H16N4. The Morgan fingerprint density at radius 3 is 2.92 bits per heavy atom. The molecule has 0 radical (unpaired) electrons. The lowest BCUT2D eigenvalue weighted by molar-refractivity contribution is -0.304. The lowest BCUT2D eigenvalue weighted by Gasteiger charge is -2.59. The molecule has 4 fully saturated rings. The van der Waals surface area contributed by atoms with Gasteiger partial charge in [0.25, 0.3) is 0 Å². The second-order valence-corrected chi connectivity index (χ2v) is 4.07. The van der Waals surface area contributed by atoms with Gasteiger partial charge >= 0.3 is 0 Å². The summed E-state index contributed by atoms with van der Waals surface area (Å²) in [5.41, 5.74) is 3.53. The van der Waals surface area contributed by atoms with Gasteiger partial charge in [0.05, 0.1) is 0 Å². The summed E-state index contributed by atoms with van der Waals surface area (Å²) in [6.07, 6.45) is 1.38. The van der Waals surface area contributed by atoms with Crippen LogP contribution in [0.3, 0.4) is 0 Å². The molecule has 4 aliphatic heterocycles. The average Bonchev–Trinajstić information content (AvgIpc) is 2.02.